The van der Waals surface area contributed by atoms with Crippen LogP contribution in [0.2, 0.25) is 5.02 Å². The second-order valence-electron chi connectivity index (χ2n) is 7.01. The predicted molar refractivity (Wildman–Crippen MR) is 87.3 cm³/mol. The van der Waals surface area contributed by atoms with Crippen molar-refractivity contribution in [3.05, 3.63) is 51.8 Å². The minimum atomic E-state index is -0.365. The SMILES string of the molecule is Cc1cc(Cl)ccc1-n1c(C)cc2c1CC(C)(C)CC2O. The Balaban J connectivity index is 2.21. The van der Waals surface area contributed by atoms with Crippen molar-refractivity contribution in [2.45, 2.75) is 46.6 Å². The van der Waals surface area contributed by atoms with E-state index in [-0.39, 0.29) is 11.5 Å². The van der Waals surface area contributed by atoms with Crippen LogP contribution in [0, 0.1) is 19.3 Å². The van der Waals surface area contributed by atoms with Crippen molar-refractivity contribution < 1.29 is 5.11 Å². The molecule has 1 aromatic carbocycles. The summed E-state index contributed by atoms with van der Waals surface area (Å²) < 4.78 is 2.28. The lowest BCUT2D eigenvalue weighted by Crippen LogP contribution is -2.26. The van der Waals surface area contributed by atoms with Gasteiger partial charge in [0.2, 0.25) is 0 Å². The molecule has 1 unspecified atom stereocenters. The Bertz CT molecular complexity index is 699. The summed E-state index contributed by atoms with van der Waals surface area (Å²) in [4.78, 5) is 0. The highest BCUT2D eigenvalue weighted by atomic mass is 35.5. The van der Waals surface area contributed by atoms with Gasteiger partial charge in [-0.25, -0.2) is 0 Å². The molecule has 0 bridgehead atoms. The first-order valence-corrected chi connectivity index (χ1v) is 7.82. The molecule has 0 fully saturated rings. The van der Waals surface area contributed by atoms with E-state index in [1.807, 2.05) is 12.1 Å². The number of hydrogen-bond acceptors (Lipinski definition) is 1. The lowest BCUT2D eigenvalue weighted by atomic mass is 9.75. The Labute approximate surface area is 131 Å². The Hall–Kier alpha value is -1.25. The maximum Gasteiger partial charge on any atom is 0.0812 e. The van der Waals surface area contributed by atoms with Gasteiger partial charge in [-0.05, 0) is 61.9 Å². The molecule has 3 heteroatoms. The van der Waals surface area contributed by atoms with E-state index in [0.717, 1.165) is 34.7 Å². The molecule has 1 N–H and O–H groups in total. The lowest BCUT2D eigenvalue weighted by Gasteiger charge is -2.34. The Morgan fingerprint density at radius 1 is 1.24 bits per heavy atom. The zero-order valence-corrected chi connectivity index (χ0v) is 13.8. The highest BCUT2D eigenvalue weighted by molar-refractivity contribution is 6.30. The molecule has 0 amide bonds. The molecule has 1 heterocycles. The Morgan fingerprint density at radius 3 is 2.62 bits per heavy atom. The number of hydrogen-bond donors (Lipinski definition) is 1. The van der Waals surface area contributed by atoms with Crippen LogP contribution in [0.15, 0.2) is 24.3 Å². The number of aromatic nitrogens is 1. The van der Waals surface area contributed by atoms with Gasteiger partial charge in [0, 0.05) is 27.7 Å². The molecule has 0 radical (unpaired) electrons. The van der Waals surface area contributed by atoms with Gasteiger partial charge in [-0.15, -0.1) is 0 Å². The van der Waals surface area contributed by atoms with Gasteiger partial charge in [-0.3, -0.25) is 0 Å². The fourth-order valence-corrected chi connectivity index (χ4v) is 3.78. The Kier molecular flexibility index (Phi) is 3.42. The van der Waals surface area contributed by atoms with Crippen molar-refractivity contribution in [1.29, 1.82) is 0 Å². The number of aliphatic hydroxyl groups excluding tert-OH is 1. The highest BCUT2D eigenvalue weighted by Crippen LogP contribution is 2.43. The third kappa shape index (κ3) is 2.51. The monoisotopic (exact) mass is 303 g/mol. The van der Waals surface area contributed by atoms with Gasteiger partial charge < -0.3 is 9.67 Å². The van der Waals surface area contributed by atoms with Gasteiger partial charge in [0.05, 0.1) is 6.10 Å². The van der Waals surface area contributed by atoms with E-state index < -0.39 is 0 Å². The number of aryl methyl sites for hydroxylation is 2. The maximum absolute atomic E-state index is 10.5. The second kappa shape index (κ2) is 4.89. The van der Waals surface area contributed by atoms with E-state index in [1.54, 1.807) is 0 Å². The van der Waals surface area contributed by atoms with Crippen LogP contribution in [-0.2, 0) is 6.42 Å². The van der Waals surface area contributed by atoms with Gasteiger partial charge in [-0.2, -0.15) is 0 Å². The van der Waals surface area contributed by atoms with E-state index in [4.69, 9.17) is 11.6 Å². The van der Waals surface area contributed by atoms with E-state index in [1.165, 1.54) is 11.4 Å². The minimum Gasteiger partial charge on any atom is -0.388 e. The molecule has 1 atom stereocenters. The summed E-state index contributed by atoms with van der Waals surface area (Å²) >= 11 is 6.08. The molecule has 0 spiro atoms. The van der Waals surface area contributed by atoms with Crippen LogP contribution < -0.4 is 0 Å². The fraction of sp³-hybridized carbons (Fsp3) is 0.444. The first-order chi connectivity index (χ1) is 9.78. The van der Waals surface area contributed by atoms with Gasteiger partial charge in [0.25, 0.3) is 0 Å². The number of rotatable bonds is 1. The molecule has 2 aromatic rings. The van der Waals surface area contributed by atoms with Crippen molar-refractivity contribution in [2.75, 3.05) is 0 Å². The first-order valence-electron chi connectivity index (χ1n) is 7.44. The van der Waals surface area contributed by atoms with Crippen molar-refractivity contribution in [1.82, 2.24) is 4.57 Å². The summed E-state index contributed by atoms with van der Waals surface area (Å²) in [7, 11) is 0. The van der Waals surface area contributed by atoms with Crippen LogP contribution in [0.5, 0.6) is 0 Å². The van der Waals surface area contributed by atoms with Gasteiger partial charge in [-0.1, -0.05) is 25.4 Å². The summed E-state index contributed by atoms with van der Waals surface area (Å²) in [6, 6.07) is 8.12. The summed E-state index contributed by atoms with van der Waals surface area (Å²) in [6.45, 7) is 8.63. The molecular formula is C18H22ClNO. The van der Waals surface area contributed by atoms with Crippen LogP contribution in [0.25, 0.3) is 5.69 Å². The number of aliphatic hydroxyl groups is 1. The van der Waals surface area contributed by atoms with E-state index in [2.05, 4.69) is 44.4 Å². The van der Waals surface area contributed by atoms with Crippen LogP contribution in [-0.4, -0.2) is 9.67 Å². The summed E-state index contributed by atoms with van der Waals surface area (Å²) in [5.41, 5.74) is 5.92. The molecular weight excluding hydrogens is 282 g/mol. The van der Waals surface area contributed by atoms with Crippen molar-refractivity contribution >= 4 is 11.6 Å². The van der Waals surface area contributed by atoms with Crippen LogP contribution in [0.1, 0.15) is 48.9 Å². The molecule has 0 aliphatic heterocycles. The van der Waals surface area contributed by atoms with Crippen molar-refractivity contribution in [3.63, 3.8) is 0 Å². The predicted octanol–water partition coefficient (Wildman–Crippen LogP) is 4.75. The molecule has 3 rings (SSSR count). The fourth-order valence-electron chi connectivity index (χ4n) is 3.55. The zero-order chi connectivity index (χ0) is 15.4. The molecule has 1 aromatic heterocycles. The van der Waals surface area contributed by atoms with Crippen LogP contribution in [0.4, 0.5) is 0 Å². The Morgan fingerprint density at radius 2 is 1.95 bits per heavy atom. The van der Waals surface area contributed by atoms with E-state index >= 15 is 0 Å². The average molecular weight is 304 g/mol. The summed E-state index contributed by atoms with van der Waals surface area (Å²) in [5, 5.41) is 11.2. The standard InChI is InChI=1S/C18H22ClNO/c1-11-7-13(19)5-6-15(11)20-12(2)8-14-16(20)9-18(3,4)10-17(14)21/h5-8,17,21H,9-10H2,1-4H3. The quantitative estimate of drug-likeness (QED) is 0.808. The number of fused-ring (bicyclic) bond motifs is 1. The molecule has 112 valence electrons. The molecule has 1 aliphatic rings. The van der Waals surface area contributed by atoms with E-state index in [9.17, 15) is 5.11 Å². The number of nitrogens with zero attached hydrogens (tertiary/aromatic N) is 1. The molecule has 0 saturated heterocycles. The smallest absolute Gasteiger partial charge is 0.0812 e. The molecule has 21 heavy (non-hydrogen) atoms. The molecule has 2 nitrogen and oxygen atoms in total. The second-order valence-corrected chi connectivity index (χ2v) is 7.45. The van der Waals surface area contributed by atoms with Crippen LogP contribution >= 0.6 is 11.6 Å². The molecule has 1 aliphatic carbocycles. The van der Waals surface area contributed by atoms with Crippen molar-refractivity contribution in [2.24, 2.45) is 5.41 Å². The third-order valence-electron chi connectivity index (χ3n) is 4.47. The zero-order valence-electron chi connectivity index (χ0n) is 13.1. The number of halogens is 1. The summed E-state index contributed by atoms with van der Waals surface area (Å²) in [6.07, 6.45) is 1.44. The largest absolute Gasteiger partial charge is 0.388 e. The first kappa shape index (κ1) is 14.7. The average Bonchev–Trinajstić information content (AvgIpc) is 2.65. The molecule has 0 saturated carbocycles. The van der Waals surface area contributed by atoms with E-state index in [0.29, 0.717) is 0 Å². The van der Waals surface area contributed by atoms with Gasteiger partial charge in [0.1, 0.15) is 0 Å². The lowest BCUT2D eigenvalue weighted by molar-refractivity contribution is 0.0987. The highest BCUT2D eigenvalue weighted by Gasteiger charge is 2.34. The van der Waals surface area contributed by atoms with Gasteiger partial charge >= 0.3 is 0 Å². The third-order valence-corrected chi connectivity index (χ3v) is 4.71. The summed E-state index contributed by atoms with van der Waals surface area (Å²) in [5.74, 6) is 0. The number of benzene rings is 1. The maximum atomic E-state index is 10.5. The van der Waals surface area contributed by atoms with Crippen LogP contribution in [0.3, 0.4) is 0 Å². The topological polar surface area (TPSA) is 25.2 Å². The minimum absolute atomic E-state index is 0.120. The van der Waals surface area contributed by atoms with Gasteiger partial charge in [0.15, 0.2) is 0 Å². The normalized spacial score (nSPS) is 20.4. The van der Waals surface area contributed by atoms with Crippen molar-refractivity contribution in [3.8, 4) is 5.69 Å².